The highest BCUT2D eigenvalue weighted by molar-refractivity contribution is 7.96. The molecule has 104 valence electrons. The molecule has 1 N–H and O–H groups in total. The highest BCUT2D eigenvalue weighted by atomic mass is 32.2. The summed E-state index contributed by atoms with van der Waals surface area (Å²) in [7, 11) is 1.64. The third-order valence-corrected chi connectivity index (χ3v) is 4.70. The molecule has 2 rings (SSSR count). The highest BCUT2D eigenvalue weighted by Gasteiger charge is 2.62. The average molecular weight is 279 g/mol. The first-order valence-electron chi connectivity index (χ1n) is 6.03. The highest BCUT2D eigenvalue weighted by Crippen LogP contribution is 2.51. The molecule has 0 atom stereocenters. The van der Waals surface area contributed by atoms with E-state index in [-0.39, 0.29) is 12.5 Å². The second-order valence-corrected chi connectivity index (χ2v) is 5.94. The third-order valence-electron chi connectivity index (χ3n) is 3.92. The van der Waals surface area contributed by atoms with E-state index >= 15 is 0 Å². The zero-order valence-electron chi connectivity index (χ0n) is 10.7. The maximum absolute atomic E-state index is 14.2. The number of hydrogen-bond acceptors (Lipinski definition) is 4. The molecule has 2 fully saturated rings. The number of alkyl halides is 2. The lowest BCUT2D eigenvalue weighted by Gasteiger charge is -2.56. The summed E-state index contributed by atoms with van der Waals surface area (Å²) in [6.07, 6.45) is 2.29. The molecule has 0 unspecified atom stereocenters. The van der Waals surface area contributed by atoms with Crippen LogP contribution in [0.15, 0.2) is 0 Å². The van der Waals surface area contributed by atoms with Crippen molar-refractivity contribution in [2.45, 2.75) is 12.3 Å². The van der Waals surface area contributed by atoms with Crippen LogP contribution in [0.1, 0.15) is 6.42 Å². The number of nitrogens with one attached hydrogen (secondary N) is 1. The van der Waals surface area contributed by atoms with Crippen molar-refractivity contribution in [2.24, 2.45) is 5.41 Å². The fraction of sp³-hybridized carbons (Fsp3) is 0.909. The molecule has 2 aliphatic rings. The molecule has 18 heavy (non-hydrogen) atoms. The van der Waals surface area contributed by atoms with Gasteiger partial charge in [0.15, 0.2) is 0 Å². The first kappa shape index (κ1) is 14.0. The first-order valence-corrected chi connectivity index (χ1v) is 7.21. The van der Waals surface area contributed by atoms with Gasteiger partial charge in [-0.2, -0.15) is 0 Å². The maximum atomic E-state index is 14.2. The number of likely N-dealkylation sites (N-methyl/N-ethyl adjacent to an activating group) is 1. The topological polar surface area (TPSA) is 35.6 Å². The van der Waals surface area contributed by atoms with Crippen LogP contribution in [0.5, 0.6) is 0 Å². The molecule has 2 heterocycles. The second-order valence-electron chi connectivity index (χ2n) is 5.06. The van der Waals surface area contributed by atoms with E-state index in [9.17, 15) is 13.6 Å². The number of carbonyl (C=O) groups is 1. The zero-order chi connectivity index (χ0) is 13.4. The van der Waals surface area contributed by atoms with E-state index in [0.29, 0.717) is 26.1 Å². The van der Waals surface area contributed by atoms with Crippen molar-refractivity contribution in [1.82, 2.24) is 14.5 Å². The van der Waals surface area contributed by atoms with Crippen molar-refractivity contribution in [3.8, 4) is 0 Å². The molecular weight excluding hydrogens is 260 g/mol. The van der Waals surface area contributed by atoms with Crippen LogP contribution in [0.3, 0.4) is 0 Å². The van der Waals surface area contributed by atoms with Crippen molar-refractivity contribution < 1.29 is 13.6 Å². The number of amides is 1. The number of nitrogens with zero attached hydrogens (tertiary/aromatic N) is 2. The average Bonchev–Trinajstić information content (AvgIpc) is 2.25. The molecular formula is C11H19F2N3OS. The standard InChI is InChI=1S/C11H19F2N3OS/c1-14-5-9(17)15-4-3-10(11(12,13)8-15)6-16(7-10)18-2/h14H,3-8H2,1-2H3. The Bertz CT molecular complexity index is 334. The SMILES string of the molecule is CNCC(=O)N1CCC2(CN(SC)C2)C(F)(F)C1. The van der Waals surface area contributed by atoms with Crippen LogP contribution < -0.4 is 5.32 Å². The quantitative estimate of drug-likeness (QED) is 0.770. The van der Waals surface area contributed by atoms with Gasteiger partial charge < -0.3 is 10.2 Å². The fourth-order valence-electron chi connectivity index (χ4n) is 2.64. The minimum Gasteiger partial charge on any atom is -0.336 e. The van der Waals surface area contributed by atoms with Crippen LogP contribution in [0, 0.1) is 5.41 Å². The van der Waals surface area contributed by atoms with E-state index in [4.69, 9.17) is 0 Å². The van der Waals surface area contributed by atoms with Gasteiger partial charge in [-0.05, 0) is 19.7 Å². The van der Waals surface area contributed by atoms with Gasteiger partial charge in [-0.3, -0.25) is 4.79 Å². The molecule has 1 amide bonds. The monoisotopic (exact) mass is 279 g/mol. The largest absolute Gasteiger partial charge is 0.336 e. The molecule has 2 aliphatic heterocycles. The predicted molar refractivity (Wildman–Crippen MR) is 67.6 cm³/mol. The number of carbonyl (C=O) groups excluding carboxylic acids is 1. The van der Waals surface area contributed by atoms with E-state index in [1.54, 1.807) is 7.05 Å². The summed E-state index contributed by atoms with van der Waals surface area (Å²) < 4.78 is 30.4. The summed E-state index contributed by atoms with van der Waals surface area (Å²) in [6.45, 7) is 0.985. The number of likely N-dealkylation sites (tertiary alicyclic amines) is 1. The zero-order valence-corrected chi connectivity index (χ0v) is 11.5. The molecule has 1 spiro atoms. The van der Waals surface area contributed by atoms with Crippen LogP contribution >= 0.6 is 11.9 Å². The van der Waals surface area contributed by atoms with Gasteiger partial charge in [-0.25, -0.2) is 13.1 Å². The van der Waals surface area contributed by atoms with Gasteiger partial charge in [-0.1, -0.05) is 11.9 Å². The molecule has 4 nitrogen and oxygen atoms in total. The maximum Gasteiger partial charge on any atom is 0.273 e. The molecule has 0 radical (unpaired) electrons. The predicted octanol–water partition coefficient (Wildman–Crippen LogP) is 0.653. The lowest BCUT2D eigenvalue weighted by molar-refractivity contribution is -0.208. The second kappa shape index (κ2) is 4.94. The van der Waals surface area contributed by atoms with Gasteiger partial charge in [-0.15, -0.1) is 0 Å². The molecule has 0 saturated carbocycles. The smallest absolute Gasteiger partial charge is 0.273 e. The van der Waals surface area contributed by atoms with Gasteiger partial charge >= 0.3 is 0 Å². The Morgan fingerprint density at radius 3 is 2.56 bits per heavy atom. The molecule has 0 aliphatic carbocycles. The Morgan fingerprint density at radius 1 is 1.39 bits per heavy atom. The minimum atomic E-state index is -2.78. The Balaban J connectivity index is 1.99. The van der Waals surface area contributed by atoms with Gasteiger partial charge in [0.05, 0.1) is 18.5 Å². The summed E-state index contributed by atoms with van der Waals surface area (Å²) in [5.74, 6) is -3.02. The van der Waals surface area contributed by atoms with Gasteiger partial charge in [0.2, 0.25) is 5.91 Å². The molecule has 0 aromatic carbocycles. The van der Waals surface area contributed by atoms with E-state index in [2.05, 4.69) is 5.32 Å². The lowest BCUT2D eigenvalue weighted by Crippen LogP contribution is -2.69. The van der Waals surface area contributed by atoms with E-state index in [1.807, 2.05) is 10.6 Å². The summed E-state index contributed by atoms with van der Waals surface area (Å²) in [5.41, 5.74) is -0.910. The van der Waals surface area contributed by atoms with Crippen molar-refractivity contribution >= 4 is 17.9 Å². The molecule has 0 aromatic heterocycles. The summed E-state index contributed by atoms with van der Waals surface area (Å²) in [5, 5.41) is 2.71. The molecule has 0 bridgehead atoms. The fourth-order valence-corrected chi connectivity index (χ4v) is 3.39. The van der Waals surface area contributed by atoms with Crippen LogP contribution in [-0.4, -0.2) is 67.1 Å². The third kappa shape index (κ3) is 2.23. The van der Waals surface area contributed by atoms with E-state index in [1.165, 1.54) is 16.8 Å². The minimum absolute atomic E-state index is 0.125. The number of halogens is 2. The van der Waals surface area contributed by atoms with E-state index in [0.717, 1.165) is 0 Å². The van der Waals surface area contributed by atoms with Crippen molar-refractivity contribution in [3.63, 3.8) is 0 Å². The number of hydrogen-bond donors (Lipinski definition) is 1. The van der Waals surface area contributed by atoms with Crippen LogP contribution in [0.4, 0.5) is 8.78 Å². The van der Waals surface area contributed by atoms with Gasteiger partial charge in [0.25, 0.3) is 5.92 Å². The summed E-state index contributed by atoms with van der Waals surface area (Å²) >= 11 is 1.50. The summed E-state index contributed by atoms with van der Waals surface area (Å²) in [4.78, 5) is 12.9. The van der Waals surface area contributed by atoms with Gasteiger partial charge in [0, 0.05) is 19.6 Å². The molecule has 2 saturated heterocycles. The first-order chi connectivity index (χ1) is 8.44. The Labute approximate surface area is 110 Å². The molecule has 0 aromatic rings. The molecule has 7 heteroatoms. The van der Waals surface area contributed by atoms with Crippen molar-refractivity contribution in [3.05, 3.63) is 0 Å². The van der Waals surface area contributed by atoms with Crippen LogP contribution in [-0.2, 0) is 4.79 Å². The normalized spacial score (nSPS) is 26.1. The van der Waals surface area contributed by atoms with Gasteiger partial charge in [0.1, 0.15) is 0 Å². The van der Waals surface area contributed by atoms with Crippen LogP contribution in [0.2, 0.25) is 0 Å². The van der Waals surface area contributed by atoms with Crippen molar-refractivity contribution in [1.29, 1.82) is 0 Å². The Hall–Kier alpha value is -0.400. The Morgan fingerprint density at radius 2 is 2.06 bits per heavy atom. The number of rotatable bonds is 3. The van der Waals surface area contributed by atoms with Crippen molar-refractivity contribution in [2.75, 3.05) is 46.0 Å². The van der Waals surface area contributed by atoms with Crippen LogP contribution in [0.25, 0.3) is 0 Å². The summed E-state index contributed by atoms with van der Waals surface area (Å²) in [6, 6.07) is 0. The lowest BCUT2D eigenvalue weighted by atomic mass is 9.70. The Kier molecular flexibility index (Phi) is 3.85. The number of piperidine rings is 1. The van der Waals surface area contributed by atoms with E-state index < -0.39 is 17.9 Å².